The van der Waals surface area contributed by atoms with E-state index < -0.39 is 15.9 Å². The van der Waals surface area contributed by atoms with Crippen LogP contribution in [0.15, 0.2) is 59.9 Å². The first-order chi connectivity index (χ1) is 14.3. The highest BCUT2D eigenvalue weighted by molar-refractivity contribution is 7.89. The number of anilines is 1. The van der Waals surface area contributed by atoms with Crippen LogP contribution in [0.5, 0.6) is 0 Å². The zero-order chi connectivity index (χ0) is 21.7. The molecule has 0 saturated heterocycles. The Labute approximate surface area is 176 Å². The summed E-state index contributed by atoms with van der Waals surface area (Å²) in [6.07, 6.45) is 6.04. The minimum Gasteiger partial charge on any atom is -0.308 e. The molecule has 1 N–H and O–H groups in total. The van der Waals surface area contributed by atoms with Crippen LogP contribution in [-0.4, -0.2) is 47.0 Å². The van der Waals surface area contributed by atoms with E-state index in [1.54, 1.807) is 47.5 Å². The molecule has 0 radical (unpaired) electrons. The average molecular weight is 428 g/mol. The molecule has 1 amide bonds. The molecule has 1 aromatic carbocycles. The fourth-order valence-electron chi connectivity index (χ4n) is 2.87. The number of amides is 1. The number of rotatable bonds is 8. The summed E-state index contributed by atoms with van der Waals surface area (Å²) in [4.78, 5) is 16.5. The second-order valence-electron chi connectivity index (χ2n) is 7.12. The highest BCUT2D eigenvalue weighted by Gasteiger charge is 2.23. The number of nitrogens with zero attached hydrogens (tertiary/aromatic N) is 4. The fourth-order valence-corrected chi connectivity index (χ4v) is 4.08. The van der Waals surface area contributed by atoms with Gasteiger partial charge in [0.2, 0.25) is 15.9 Å². The second-order valence-corrected chi connectivity index (χ2v) is 9.17. The highest BCUT2D eigenvalue weighted by Crippen LogP contribution is 2.18. The highest BCUT2D eigenvalue weighted by atomic mass is 32.2. The van der Waals surface area contributed by atoms with Gasteiger partial charge in [-0.3, -0.25) is 14.5 Å². The summed E-state index contributed by atoms with van der Waals surface area (Å²) in [7, 11) is -2.37. The zero-order valence-corrected chi connectivity index (χ0v) is 18.1. The number of carbonyl (C=O) groups excluding carboxylic acids is 1. The maximum absolute atomic E-state index is 12.7. The maximum Gasteiger partial charge on any atom is 0.243 e. The van der Waals surface area contributed by atoms with Crippen LogP contribution in [0.4, 0.5) is 5.82 Å². The summed E-state index contributed by atoms with van der Waals surface area (Å²) < 4.78 is 28.2. The van der Waals surface area contributed by atoms with Gasteiger partial charge in [0.25, 0.3) is 0 Å². The number of pyridine rings is 1. The van der Waals surface area contributed by atoms with Crippen LogP contribution in [-0.2, 0) is 27.8 Å². The first kappa shape index (κ1) is 21.7. The van der Waals surface area contributed by atoms with Crippen LogP contribution in [0.1, 0.15) is 16.7 Å². The quantitative estimate of drug-likeness (QED) is 0.595. The van der Waals surface area contributed by atoms with Crippen molar-refractivity contribution in [1.82, 2.24) is 19.1 Å². The van der Waals surface area contributed by atoms with Gasteiger partial charge >= 0.3 is 0 Å². The Kier molecular flexibility index (Phi) is 6.63. The molecule has 3 aromatic rings. The average Bonchev–Trinajstić information content (AvgIpc) is 3.16. The van der Waals surface area contributed by atoms with E-state index in [2.05, 4.69) is 15.4 Å². The van der Waals surface area contributed by atoms with Crippen LogP contribution in [0.2, 0.25) is 0 Å². The summed E-state index contributed by atoms with van der Waals surface area (Å²) in [6.45, 7) is 4.12. The van der Waals surface area contributed by atoms with Crippen molar-refractivity contribution in [2.45, 2.75) is 31.7 Å². The molecule has 0 aliphatic heterocycles. The molecule has 0 aliphatic carbocycles. The fraction of sp³-hybridized carbons (Fsp3) is 0.286. The van der Waals surface area contributed by atoms with Crippen molar-refractivity contribution in [2.75, 3.05) is 18.9 Å². The Morgan fingerprint density at radius 3 is 2.53 bits per heavy atom. The van der Waals surface area contributed by atoms with Crippen molar-refractivity contribution in [2.24, 2.45) is 0 Å². The van der Waals surface area contributed by atoms with Gasteiger partial charge in [-0.15, -0.1) is 0 Å². The Balaban J connectivity index is 1.57. The number of benzene rings is 1. The minimum atomic E-state index is -3.76. The van der Waals surface area contributed by atoms with Gasteiger partial charge in [0.05, 0.1) is 11.4 Å². The molecule has 30 heavy (non-hydrogen) atoms. The number of hydrogen-bond acceptors (Lipinski definition) is 5. The van der Waals surface area contributed by atoms with Crippen LogP contribution < -0.4 is 5.32 Å². The molecule has 0 atom stereocenters. The van der Waals surface area contributed by atoms with E-state index in [-0.39, 0.29) is 11.4 Å². The van der Waals surface area contributed by atoms with Gasteiger partial charge in [-0.05, 0) is 61.2 Å². The van der Waals surface area contributed by atoms with Crippen LogP contribution in [0, 0.1) is 13.8 Å². The summed E-state index contributed by atoms with van der Waals surface area (Å²) >= 11 is 0. The standard InChI is InChI=1S/C21H25N5O3S/c1-16-4-5-19(14-17(16)2)30(28,29)25(3)15-21(27)23-20-9-13-26(24-20)12-8-18-6-10-22-11-7-18/h4-7,9-11,13-14H,8,12,15H2,1-3H3,(H,23,24,27). The lowest BCUT2D eigenvalue weighted by molar-refractivity contribution is -0.116. The van der Waals surface area contributed by atoms with Crippen molar-refractivity contribution in [3.8, 4) is 0 Å². The Bertz CT molecular complexity index is 1130. The molecule has 0 unspecified atom stereocenters. The maximum atomic E-state index is 12.7. The lowest BCUT2D eigenvalue weighted by atomic mass is 10.1. The molecule has 0 saturated carbocycles. The molecule has 0 fully saturated rings. The third-order valence-corrected chi connectivity index (χ3v) is 6.64. The Morgan fingerprint density at radius 2 is 1.83 bits per heavy atom. The first-order valence-corrected chi connectivity index (χ1v) is 11.0. The van der Waals surface area contributed by atoms with Gasteiger partial charge in [0.15, 0.2) is 5.82 Å². The minimum absolute atomic E-state index is 0.168. The molecule has 0 bridgehead atoms. The third-order valence-electron chi connectivity index (χ3n) is 4.84. The molecule has 2 aromatic heterocycles. The van der Waals surface area contributed by atoms with Gasteiger partial charge in [-0.2, -0.15) is 9.40 Å². The van der Waals surface area contributed by atoms with Crippen LogP contribution in [0.3, 0.4) is 0 Å². The number of nitrogens with one attached hydrogen (secondary N) is 1. The molecule has 158 valence electrons. The second kappa shape index (κ2) is 9.19. The SMILES string of the molecule is Cc1ccc(S(=O)(=O)N(C)CC(=O)Nc2ccn(CCc3ccncc3)n2)cc1C. The first-order valence-electron chi connectivity index (χ1n) is 9.51. The molecule has 3 rings (SSSR count). The monoisotopic (exact) mass is 427 g/mol. The van der Waals surface area contributed by atoms with E-state index in [4.69, 9.17) is 0 Å². The molecule has 0 aliphatic rings. The van der Waals surface area contributed by atoms with E-state index >= 15 is 0 Å². The van der Waals surface area contributed by atoms with Gasteiger partial charge < -0.3 is 5.32 Å². The lowest BCUT2D eigenvalue weighted by Gasteiger charge is -2.17. The largest absolute Gasteiger partial charge is 0.308 e. The predicted molar refractivity (Wildman–Crippen MR) is 115 cm³/mol. The summed E-state index contributed by atoms with van der Waals surface area (Å²) in [6, 6.07) is 10.5. The number of likely N-dealkylation sites (N-methyl/N-ethyl adjacent to an activating group) is 1. The predicted octanol–water partition coefficient (Wildman–Crippen LogP) is 2.40. The molecule has 2 heterocycles. The van der Waals surface area contributed by atoms with Crippen LogP contribution in [0.25, 0.3) is 0 Å². The molecular weight excluding hydrogens is 402 g/mol. The van der Waals surface area contributed by atoms with E-state index in [1.165, 1.54) is 7.05 Å². The number of sulfonamides is 1. The van der Waals surface area contributed by atoms with Gasteiger partial charge in [-0.1, -0.05) is 6.07 Å². The normalized spacial score (nSPS) is 11.6. The Morgan fingerprint density at radius 1 is 1.10 bits per heavy atom. The number of carbonyl (C=O) groups is 1. The van der Waals surface area contributed by atoms with Crippen molar-refractivity contribution in [3.63, 3.8) is 0 Å². The summed E-state index contributed by atoms with van der Waals surface area (Å²) in [5.74, 6) is -0.0731. The number of aromatic nitrogens is 3. The van der Waals surface area contributed by atoms with E-state index in [9.17, 15) is 13.2 Å². The van der Waals surface area contributed by atoms with Gasteiger partial charge in [-0.25, -0.2) is 8.42 Å². The topological polar surface area (TPSA) is 97.2 Å². The summed E-state index contributed by atoms with van der Waals surface area (Å²) in [5, 5.41) is 6.96. The van der Waals surface area contributed by atoms with Gasteiger partial charge in [0, 0.05) is 38.2 Å². The van der Waals surface area contributed by atoms with E-state index in [0.717, 1.165) is 27.4 Å². The van der Waals surface area contributed by atoms with Crippen molar-refractivity contribution < 1.29 is 13.2 Å². The Hall–Kier alpha value is -3.04. The molecule has 8 nitrogen and oxygen atoms in total. The van der Waals surface area contributed by atoms with Gasteiger partial charge in [0.1, 0.15) is 0 Å². The number of hydrogen-bond donors (Lipinski definition) is 1. The zero-order valence-electron chi connectivity index (χ0n) is 17.2. The van der Waals surface area contributed by atoms with E-state index in [0.29, 0.717) is 12.4 Å². The van der Waals surface area contributed by atoms with Crippen molar-refractivity contribution in [3.05, 3.63) is 71.7 Å². The van der Waals surface area contributed by atoms with Crippen molar-refractivity contribution >= 4 is 21.7 Å². The molecule has 9 heteroatoms. The third kappa shape index (κ3) is 5.31. The lowest BCUT2D eigenvalue weighted by Crippen LogP contribution is -2.35. The number of aryl methyl sites for hydroxylation is 4. The van der Waals surface area contributed by atoms with Crippen LogP contribution >= 0.6 is 0 Å². The van der Waals surface area contributed by atoms with E-state index in [1.807, 2.05) is 26.0 Å². The summed E-state index contributed by atoms with van der Waals surface area (Å²) in [5.41, 5.74) is 3.03. The molecular formula is C21H25N5O3S. The van der Waals surface area contributed by atoms with Crippen molar-refractivity contribution in [1.29, 1.82) is 0 Å². The molecule has 0 spiro atoms. The smallest absolute Gasteiger partial charge is 0.243 e.